The zero-order valence-electron chi connectivity index (χ0n) is 4.94. The highest BCUT2D eigenvalue weighted by Gasteiger charge is 1.92. The molecule has 0 spiro atoms. The topological polar surface area (TPSA) is 41.8 Å². The quantitative estimate of drug-likeness (QED) is 0.494. The first-order valence-corrected chi connectivity index (χ1v) is 3.74. The van der Waals surface area contributed by atoms with E-state index in [-0.39, 0.29) is 16.6 Å². The van der Waals surface area contributed by atoms with E-state index in [2.05, 4.69) is 9.36 Å². The Labute approximate surface area is 55.6 Å². The lowest BCUT2D eigenvalue weighted by molar-refractivity contribution is -0.115. The second kappa shape index (κ2) is 2.68. The normalized spacial score (nSPS) is 23.4. The molecule has 0 fully saturated rings. The van der Waals surface area contributed by atoms with Crippen molar-refractivity contribution in [3.8, 4) is 0 Å². The minimum atomic E-state index is -0.354. The van der Waals surface area contributed by atoms with Crippen LogP contribution in [0.2, 0.25) is 0 Å². The molecule has 0 aromatic rings. The Morgan fingerprint density at radius 1 is 1.78 bits per heavy atom. The van der Waals surface area contributed by atoms with E-state index in [1.807, 2.05) is 0 Å². The van der Waals surface area contributed by atoms with Gasteiger partial charge in [-0.2, -0.15) is 4.36 Å². The molecule has 1 unspecified atom stereocenters. The van der Waals surface area contributed by atoms with Gasteiger partial charge in [-0.15, -0.1) is 0 Å². The number of hydrogen-bond donors (Lipinski definition) is 0. The predicted octanol–water partition coefficient (Wildman–Crippen LogP) is 0.848. The van der Waals surface area contributed by atoms with Gasteiger partial charge in [0.05, 0.1) is 5.55 Å². The summed E-state index contributed by atoms with van der Waals surface area (Å²) >= 11 is 0. The average molecular weight is 142 g/mol. The van der Waals surface area contributed by atoms with Crippen molar-refractivity contribution >= 4 is 22.1 Å². The Hall–Kier alpha value is -0.770. The van der Waals surface area contributed by atoms with Crippen LogP contribution in [-0.2, 0) is 15.5 Å². The fourth-order valence-electron chi connectivity index (χ4n) is 0.433. The highest BCUT2D eigenvalue weighted by molar-refractivity contribution is 8.03. The van der Waals surface area contributed by atoms with Crippen LogP contribution in [0.25, 0.3) is 0 Å². The van der Waals surface area contributed by atoms with E-state index in [0.717, 1.165) is 0 Å². The van der Waals surface area contributed by atoms with Crippen molar-refractivity contribution in [2.24, 2.45) is 9.36 Å². The smallest absolute Gasteiger partial charge is 0.249 e. The van der Waals surface area contributed by atoms with Gasteiger partial charge in [-0.1, -0.05) is 0 Å². The van der Waals surface area contributed by atoms with E-state index in [4.69, 9.17) is 0 Å². The number of carbonyl (C=O) groups is 1. The van der Waals surface area contributed by atoms with Crippen LogP contribution in [-0.4, -0.2) is 11.5 Å². The molecule has 1 rings (SSSR count). The summed E-state index contributed by atoms with van der Waals surface area (Å²) in [6.45, 7) is 1.44. The fourth-order valence-corrected chi connectivity index (χ4v) is 1.30. The first-order chi connectivity index (χ1) is 4.29. The fraction of sp³-hybridized carbons (Fsp3) is 0.200. The maximum atomic E-state index is 10.3. The maximum absolute atomic E-state index is 10.3. The standard InChI is InChI=1S/C5H6N2OS/c1-5(8)7-9-3-2-6-4-9/h2-4H,1H3. The molecule has 1 amide bonds. The summed E-state index contributed by atoms with van der Waals surface area (Å²) in [7, 11) is -0.354. The van der Waals surface area contributed by atoms with E-state index < -0.39 is 0 Å². The molecule has 1 heterocycles. The zero-order chi connectivity index (χ0) is 6.69. The number of amides is 1. The van der Waals surface area contributed by atoms with Crippen LogP contribution in [0.1, 0.15) is 6.92 Å². The molecule has 0 saturated carbocycles. The molecule has 0 saturated heterocycles. The van der Waals surface area contributed by atoms with Crippen LogP contribution in [0, 0.1) is 0 Å². The molecule has 0 aromatic carbocycles. The highest BCUT2D eigenvalue weighted by atomic mass is 32.2. The summed E-state index contributed by atoms with van der Waals surface area (Å²) in [5.41, 5.74) is 1.65. The van der Waals surface area contributed by atoms with Crippen LogP contribution in [0.15, 0.2) is 21.0 Å². The molecule has 1 atom stereocenters. The summed E-state index contributed by atoms with van der Waals surface area (Å²) in [6.07, 6.45) is 1.65. The Morgan fingerprint density at radius 3 is 3.00 bits per heavy atom. The first-order valence-electron chi connectivity index (χ1n) is 2.43. The van der Waals surface area contributed by atoms with Crippen molar-refractivity contribution in [1.82, 2.24) is 0 Å². The Balaban J connectivity index is 2.73. The van der Waals surface area contributed by atoms with E-state index in [9.17, 15) is 4.79 Å². The third kappa shape index (κ3) is 1.89. The largest absolute Gasteiger partial charge is 0.272 e. The van der Waals surface area contributed by atoms with Gasteiger partial charge in [-0.3, -0.25) is 9.79 Å². The zero-order valence-corrected chi connectivity index (χ0v) is 5.76. The number of aliphatic imine (C=N–C) groups is 1. The van der Waals surface area contributed by atoms with E-state index in [1.54, 1.807) is 17.2 Å². The molecule has 48 valence electrons. The van der Waals surface area contributed by atoms with Gasteiger partial charge >= 0.3 is 0 Å². The minimum Gasteiger partial charge on any atom is -0.272 e. The lowest BCUT2D eigenvalue weighted by Gasteiger charge is -1.82. The molecule has 9 heavy (non-hydrogen) atoms. The van der Waals surface area contributed by atoms with E-state index in [1.165, 1.54) is 6.92 Å². The molecule has 0 aromatic heterocycles. The highest BCUT2D eigenvalue weighted by Crippen LogP contribution is 1.95. The van der Waals surface area contributed by atoms with Gasteiger partial charge in [0, 0.05) is 18.5 Å². The summed E-state index contributed by atoms with van der Waals surface area (Å²) in [6, 6.07) is 0. The third-order valence-corrected chi connectivity index (χ3v) is 1.90. The molecule has 0 N–H and O–H groups in total. The molecule has 3 nitrogen and oxygen atoms in total. The van der Waals surface area contributed by atoms with Crippen LogP contribution < -0.4 is 0 Å². The summed E-state index contributed by atoms with van der Waals surface area (Å²) in [5, 5.41) is 1.79. The molecular formula is C5H6N2OS. The third-order valence-electron chi connectivity index (χ3n) is 0.689. The van der Waals surface area contributed by atoms with E-state index >= 15 is 0 Å². The summed E-state index contributed by atoms with van der Waals surface area (Å²) in [4.78, 5) is 14.1. The van der Waals surface area contributed by atoms with Crippen molar-refractivity contribution in [3.05, 3.63) is 11.6 Å². The minimum absolute atomic E-state index is 0.142. The number of nitrogens with zero attached hydrogens (tertiary/aromatic N) is 2. The van der Waals surface area contributed by atoms with E-state index in [0.29, 0.717) is 0 Å². The lowest BCUT2D eigenvalue weighted by atomic mass is 10.8. The van der Waals surface area contributed by atoms with Crippen LogP contribution >= 0.6 is 0 Å². The lowest BCUT2D eigenvalue weighted by Crippen LogP contribution is -1.87. The van der Waals surface area contributed by atoms with Crippen molar-refractivity contribution in [2.75, 3.05) is 0 Å². The van der Waals surface area contributed by atoms with Gasteiger partial charge in [0.25, 0.3) is 0 Å². The molecule has 1 aliphatic rings. The second-order valence-electron chi connectivity index (χ2n) is 1.50. The average Bonchev–Trinajstić information content (AvgIpc) is 2.15. The Morgan fingerprint density at radius 2 is 2.56 bits per heavy atom. The van der Waals surface area contributed by atoms with Crippen LogP contribution in [0.3, 0.4) is 0 Å². The summed E-state index contributed by atoms with van der Waals surface area (Å²) < 4.78 is 3.73. The molecule has 1 aliphatic heterocycles. The first kappa shape index (κ1) is 6.35. The molecule has 0 aliphatic carbocycles. The monoisotopic (exact) mass is 142 g/mol. The molecule has 4 heteroatoms. The van der Waals surface area contributed by atoms with Crippen molar-refractivity contribution in [2.45, 2.75) is 6.92 Å². The molecule has 0 radical (unpaired) electrons. The van der Waals surface area contributed by atoms with Gasteiger partial charge in [0.1, 0.15) is 0 Å². The molecule has 0 bridgehead atoms. The number of hydrogen-bond acceptors (Lipinski definition) is 2. The van der Waals surface area contributed by atoms with Gasteiger partial charge in [-0.25, -0.2) is 0 Å². The van der Waals surface area contributed by atoms with Crippen molar-refractivity contribution < 1.29 is 4.79 Å². The van der Waals surface area contributed by atoms with Gasteiger partial charge < -0.3 is 0 Å². The number of carbonyl (C=O) groups excluding carboxylic acids is 1. The van der Waals surface area contributed by atoms with Crippen molar-refractivity contribution in [3.63, 3.8) is 0 Å². The second-order valence-corrected chi connectivity index (χ2v) is 2.86. The predicted molar refractivity (Wildman–Crippen MR) is 38.1 cm³/mol. The van der Waals surface area contributed by atoms with Crippen LogP contribution in [0.4, 0.5) is 0 Å². The van der Waals surface area contributed by atoms with Crippen LogP contribution in [0.5, 0.6) is 0 Å². The molecular weight excluding hydrogens is 136 g/mol. The van der Waals surface area contributed by atoms with Gasteiger partial charge in [0.2, 0.25) is 5.91 Å². The SMILES string of the molecule is CC(=O)N=S1C=CN=C1. The van der Waals surface area contributed by atoms with Crippen molar-refractivity contribution in [1.29, 1.82) is 0 Å². The maximum Gasteiger partial charge on any atom is 0.249 e. The number of rotatable bonds is 0. The van der Waals surface area contributed by atoms with Gasteiger partial charge in [0.15, 0.2) is 0 Å². The van der Waals surface area contributed by atoms with Gasteiger partial charge in [-0.05, 0) is 10.7 Å². The Kier molecular flexibility index (Phi) is 1.89. The summed E-state index contributed by atoms with van der Waals surface area (Å²) in [5.74, 6) is -0.142. The Bertz CT molecular complexity index is 203.